The van der Waals surface area contributed by atoms with Crippen molar-refractivity contribution in [2.24, 2.45) is 5.41 Å². The van der Waals surface area contributed by atoms with E-state index in [0.29, 0.717) is 25.1 Å². The van der Waals surface area contributed by atoms with E-state index in [9.17, 15) is 20.0 Å². The first-order valence-corrected chi connectivity index (χ1v) is 14.7. The largest absolute Gasteiger partial charge is 0.478 e. The van der Waals surface area contributed by atoms with Gasteiger partial charge in [-0.3, -0.25) is 9.69 Å². The van der Waals surface area contributed by atoms with Gasteiger partial charge in [0.1, 0.15) is 17.0 Å². The van der Waals surface area contributed by atoms with Crippen LogP contribution in [0.15, 0.2) is 60.7 Å². The van der Waals surface area contributed by atoms with Crippen molar-refractivity contribution in [3.05, 3.63) is 99.0 Å². The lowest BCUT2D eigenvalue weighted by Crippen LogP contribution is -2.48. The van der Waals surface area contributed by atoms with Crippen LogP contribution in [-0.2, 0) is 10.2 Å². The molecule has 0 spiro atoms. The molecule has 1 saturated heterocycles. The number of nitrogens with one attached hydrogen (secondary N) is 1. The van der Waals surface area contributed by atoms with E-state index in [-0.39, 0.29) is 32.2 Å². The van der Waals surface area contributed by atoms with Gasteiger partial charge in [-0.05, 0) is 72.8 Å². The summed E-state index contributed by atoms with van der Waals surface area (Å²) in [6.45, 7) is 8.25. The molecule has 2 N–H and O–H groups in total. The zero-order chi connectivity index (χ0) is 31.7. The number of amides is 1. The topological polar surface area (TPSA) is 93.4 Å². The van der Waals surface area contributed by atoms with Gasteiger partial charge in [0.2, 0.25) is 5.91 Å². The quantitative estimate of drug-likeness (QED) is 0.263. The van der Waals surface area contributed by atoms with Crippen molar-refractivity contribution in [2.75, 3.05) is 11.9 Å². The Hall–Kier alpha value is -3.51. The summed E-state index contributed by atoms with van der Waals surface area (Å²) in [5.41, 5.74) is -1.73. The van der Waals surface area contributed by atoms with Crippen LogP contribution in [0.25, 0.3) is 0 Å². The van der Waals surface area contributed by atoms with E-state index in [1.807, 2.05) is 32.6 Å². The molecule has 4 atom stereocenters. The number of carbonyl (C=O) groups excluding carboxylic acids is 1. The number of nitriles is 1. The number of hydrogen-bond donors (Lipinski definition) is 2. The molecule has 0 saturated carbocycles. The lowest BCUT2D eigenvalue weighted by molar-refractivity contribution is -0.121. The Morgan fingerprint density at radius 3 is 2.33 bits per heavy atom. The first-order valence-electron chi connectivity index (χ1n) is 14.0. The Morgan fingerprint density at radius 2 is 1.77 bits per heavy atom. The number of likely N-dealkylation sites (tertiary alicyclic amines) is 1. The smallest absolute Gasteiger partial charge is 0.335 e. The van der Waals surface area contributed by atoms with Crippen molar-refractivity contribution >= 4 is 40.8 Å². The van der Waals surface area contributed by atoms with E-state index in [4.69, 9.17) is 23.2 Å². The fourth-order valence-corrected chi connectivity index (χ4v) is 6.62. The van der Waals surface area contributed by atoms with Crippen molar-refractivity contribution in [2.45, 2.75) is 64.0 Å². The minimum absolute atomic E-state index is 0.0141. The maximum atomic E-state index is 16.0. The third kappa shape index (κ3) is 6.26. The Kier molecular flexibility index (Phi) is 9.51. The number of benzene rings is 3. The first-order chi connectivity index (χ1) is 20.2. The summed E-state index contributed by atoms with van der Waals surface area (Å²) in [6, 6.07) is 14.6. The number of hydrogen-bond acceptors (Lipinski definition) is 4. The lowest BCUT2D eigenvalue weighted by atomic mass is 9.62. The van der Waals surface area contributed by atoms with Gasteiger partial charge in [0.05, 0.1) is 22.7 Å². The molecule has 43 heavy (non-hydrogen) atoms. The minimum atomic E-state index is -1.74. The fourth-order valence-electron chi connectivity index (χ4n) is 6.28. The summed E-state index contributed by atoms with van der Waals surface area (Å²) in [5, 5.41) is 23.2. The van der Waals surface area contributed by atoms with Crippen molar-refractivity contribution in [1.82, 2.24) is 4.90 Å². The van der Waals surface area contributed by atoms with E-state index in [2.05, 4.69) is 11.4 Å². The number of rotatable bonds is 8. The predicted molar refractivity (Wildman–Crippen MR) is 164 cm³/mol. The Balaban J connectivity index is 2.03. The van der Waals surface area contributed by atoms with Gasteiger partial charge in [0.15, 0.2) is 0 Å². The van der Waals surface area contributed by atoms with E-state index in [0.717, 1.165) is 6.07 Å². The van der Waals surface area contributed by atoms with E-state index in [1.54, 1.807) is 6.07 Å². The summed E-state index contributed by atoms with van der Waals surface area (Å²) < 4.78 is 32.0. The number of halogens is 4. The van der Waals surface area contributed by atoms with E-state index >= 15 is 8.78 Å². The Morgan fingerprint density at radius 1 is 1.09 bits per heavy atom. The third-order valence-corrected chi connectivity index (χ3v) is 8.45. The second-order valence-corrected chi connectivity index (χ2v) is 12.9. The maximum Gasteiger partial charge on any atom is 0.335 e. The zero-order valence-corrected chi connectivity index (χ0v) is 25.8. The molecule has 3 aromatic carbocycles. The summed E-state index contributed by atoms with van der Waals surface area (Å²) in [6.07, 6.45) is 0.964. The number of carboxylic acids is 1. The summed E-state index contributed by atoms with van der Waals surface area (Å²) >= 11 is 12.4. The van der Waals surface area contributed by atoms with Gasteiger partial charge in [-0.1, -0.05) is 69.1 Å². The molecule has 4 rings (SSSR count). The van der Waals surface area contributed by atoms with Crippen LogP contribution in [0.5, 0.6) is 0 Å². The summed E-state index contributed by atoms with van der Waals surface area (Å²) in [4.78, 5) is 27.6. The molecule has 1 heterocycles. The van der Waals surface area contributed by atoms with E-state index in [1.165, 1.54) is 48.5 Å². The highest BCUT2D eigenvalue weighted by molar-refractivity contribution is 6.31. The molecule has 226 valence electrons. The normalized spacial score (nSPS) is 22.3. The van der Waals surface area contributed by atoms with Crippen molar-refractivity contribution in [3.8, 4) is 6.07 Å². The molecule has 1 fully saturated rings. The first kappa shape index (κ1) is 32.4. The van der Waals surface area contributed by atoms with Crippen LogP contribution in [-0.4, -0.2) is 40.5 Å². The Labute approximate surface area is 260 Å². The third-order valence-electron chi connectivity index (χ3n) is 7.92. The molecule has 4 unspecified atom stereocenters. The molecule has 0 aromatic heterocycles. The van der Waals surface area contributed by atoms with Gasteiger partial charge in [0, 0.05) is 28.2 Å². The fraction of sp³-hybridized carbons (Fsp3) is 0.364. The molecule has 0 aliphatic carbocycles. The van der Waals surface area contributed by atoms with Gasteiger partial charge in [-0.25, -0.2) is 13.6 Å². The molecule has 1 aliphatic rings. The second-order valence-electron chi connectivity index (χ2n) is 12.1. The summed E-state index contributed by atoms with van der Waals surface area (Å²) in [7, 11) is 0. The van der Waals surface area contributed by atoms with Gasteiger partial charge in [-0.2, -0.15) is 5.26 Å². The van der Waals surface area contributed by atoms with E-state index < -0.39 is 46.9 Å². The maximum absolute atomic E-state index is 16.0. The predicted octanol–water partition coefficient (Wildman–Crippen LogP) is 8.05. The molecule has 0 radical (unpaired) electrons. The number of aromatic carboxylic acids is 1. The molecule has 1 amide bonds. The Bertz CT molecular complexity index is 1570. The molecule has 0 bridgehead atoms. The van der Waals surface area contributed by atoms with Crippen molar-refractivity contribution < 1.29 is 23.5 Å². The van der Waals surface area contributed by atoms with Gasteiger partial charge in [0.25, 0.3) is 0 Å². The van der Waals surface area contributed by atoms with Crippen LogP contribution in [0, 0.1) is 28.4 Å². The van der Waals surface area contributed by atoms with Crippen LogP contribution in [0.1, 0.15) is 67.9 Å². The van der Waals surface area contributed by atoms with Crippen molar-refractivity contribution in [3.63, 3.8) is 0 Å². The molecule has 10 heteroatoms. The van der Waals surface area contributed by atoms with Gasteiger partial charge >= 0.3 is 5.97 Å². The van der Waals surface area contributed by atoms with Gasteiger partial charge < -0.3 is 10.4 Å². The lowest BCUT2D eigenvalue weighted by Gasteiger charge is -2.39. The highest BCUT2D eigenvalue weighted by atomic mass is 35.5. The SMILES string of the molecule is CCCN1C(C(=O)Nc2ccc(C(=O)O)cc2)C(c2cccc(Cl)c2F)C(C#N)(c2ccc(Cl)cc2F)C1CC(C)(C)C. The zero-order valence-electron chi connectivity index (χ0n) is 24.3. The van der Waals surface area contributed by atoms with Crippen LogP contribution in [0.4, 0.5) is 14.5 Å². The monoisotopic (exact) mass is 627 g/mol. The molecule has 6 nitrogen and oxygen atoms in total. The highest BCUT2D eigenvalue weighted by Gasteiger charge is 2.64. The molecular formula is C33H33Cl2F2N3O3. The van der Waals surface area contributed by atoms with Crippen LogP contribution >= 0.6 is 23.2 Å². The van der Waals surface area contributed by atoms with Crippen LogP contribution < -0.4 is 5.32 Å². The number of carboxylic acid groups (broad SMARTS) is 1. The average molecular weight is 629 g/mol. The number of carbonyl (C=O) groups is 2. The van der Waals surface area contributed by atoms with Crippen LogP contribution in [0.2, 0.25) is 10.0 Å². The second kappa shape index (κ2) is 12.6. The highest BCUT2D eigenvalue weighted by Crippen LogP contribution is 2.56. The van der Waals surface area contributed by atoms with Gasteiger partial charge in [-0.15, -0.1) is 0 Å². The molecule has 3 aromatic rings. The minimum Gasteiger partial charge on any atom is -0.478 e. The standard InChI is InChI=1S/C33H33Cl2F2N3O3/c1-5-15-40-26(17-32(2,3)4)33(18-38,23-14-11-20(34)16-25(23)36)27(22-7-6-8-24(35)28(22)37)29(40)30(41)39-21-12-9-19(10-13-21)31(42)43/h6-14,16,26-27,29H,5,15,17H2,1-4H3,(H,39,41)(H,42,43). The molecular weight excluding hydrogens is 595 g/mol. The number of anilines is 1. The summed E-state index contributed by atoms with van der Waals surface area (Å²) in [5.74, 6) is -4.38. The van der Waals surface area contributed by atoms with Crippen molar-refractivity contribution in [1.29, 1.82) is 5.26 Å². The average Bonchev–Trinajstić information content (AvgIpc) is 3.19. The number of nitrogens with zero attached hydrogens (tertiary/aromatic N) is 2. The molecule has 1 aliphatic heterocycles. The van der Waals surface area contributed by atoms with Crippen LogP contribution in [0.3, 0.4) is 0 Å².